The maximum Gasteiger partial charge on any atom is 0.274 e. The lowest BCUT2D eigenvalue weighted by atomic mass is 10.1. The third kappa shape index (κ3) is 9.42. The molecule has 3 aromatic heterocycles. The molecule has 2 aromatic carbocycles. The van der Waals surface area contributed by atoms with Gasteiger partial charge in [-0.05, 0) is 19.4 Å². The molecule has 0 saturated carbocycles. The van der Waals surface area contributed by atoms with Gasteiger partial charge in [0.15, 0.2) is 17.1 Å². The molecule has 17 heteroatoms. The largest absolute Gasteiger partial charge is 0.446 e. The number of hydrogen-bond donors (Lipinski definition) is 5. The van der Waals surface area contributed by atoms with Crippen LogP contribution in [0.1, 0.15) is 63.8 Å². The zero-order valence-corrected chi connectivity index (χ0v) is 30.2. The van der Waals surface area contributed by atoms with E-state index in [9.17, 15) is 29.1 Å². The van der Waals surface area contributed by atoms with Gasteiger partial charge in [-0.15, -0.1) is 11.3 Å². The molecule has 54 heavy (non-hydrogen) atoms. The van der Waals surface area contributed by atoms with Crippen LogP contribution in [-0.2, 0) is 33.8 Å². The summed E-state index contributed by atoms with van der Waals surface area (Å²) in [6, 6.07) is 16.8. The van der Waals surface area contributed by atoms with Crippen LogP contribution in [0.4, 0.5) is 0 Å². The Bertz CT molecular complexity index is 2100. The molecule has 5 amide bonds. The molecular weight excluding hydrogens is 717 g/mol. The number of amides is 5. The molecule has 1 aliphatic rings. The summed E-state index contributed by atoms with van der Waals surface area (Å²) in [7, 11) is 0. The fourth-order valence-corrected chi connectivity index (χ4v) is 6.46. The van der Waals surface area contributed by atoms with Crippen LogP contribution in [-0.4, -0.2) is 85.9 Å². The lowest BCUT2D eigenvalue weighted by molar-refractivity contribution is -0.132. The van der Waals surface area contributed by atoms with E-state index < -0.39 is 47.9 Å². The number of nitrogens with zero attached hydrogens (tertiary/aromatic N) is 4. The van der Waals surface area contributed by atoms with Gasteiger partial charge in [-0.1, -0.05) is 65.8 Å². The number of fused-ring (bicyclic) bond motifs is 4. The summed E-state index contributed by atoms with van der Waals surface area (Å²) in [6.45, 7) is 2.68. The monoisotopic (exact) mass is 754 g/mol. The molecule has 4 bridgehead atoms. The van der Waals surface area contributed by atoms with Gasteiger partial charge in [0.25, 0.3) is 11.8 Å². The topological polar surface area (TPSA) is 222 Å². The van der Waals surface area contributed by atoms with E-state index in [0.717, 1.165) is 22.4 Å². The van der Waals surface area contributed by atoms with Crippen molar-refractivity contribution in [2.45, 2.75) is 57.5 Å². The predicted octanol–water partition coefficient (Wildman–Crippen LogP) is 2.18. The highest BCUT2D eigenvalue weighted by Crippen LogP contribution is 2.24. The SMILES string of the molecule is C[C@H]1NC(=O)[C@H]([C@@H](C)O)NC(=O)c2coc(n2)[C@@H](Cc2ccccc2)NC(=O)c2cc(on2)CN(C(=O)Cc2csc(-c3ccccc3)n2)CCNC1=O. The Morgan fingerprint density at radius 1 is 0.963 bits per heavy atom. The van der Waals surface area contributed by atoms with Crippen molar-refractivity contribution in [2.24, 2.45) is 0 Å². The lowest BCUT2D eigenvalue weighted by Gasteiger charge is -2.24. The number of hydrogen-bond acceptors (Lipinski definition) is 12. The minimum atomic E-state index is -1.45. The van der Waals surface area contributed by atoms with Crippen LogP contribution < -0.4 is 21.3 Å². The molecule has 280 valence electrons. The summed E-state index contributed by atoms with van der Waals surface area (Å²) in [5, 5.41) is 27.4. The van der Waals surface area contributed by atoms with Gasteiger partial charge in [-0.2, -0.15) is 0 Å². The third-order valence-electron chi connectivity index (χ3n) is 8.52. The first-order valence-corrected chi connectivity index (χ1v) is 18.0. The quantitative estimate of drug-likeness (QED) is 0.169. The van der Waals surface area contributed by atoms with Gasteiger partial charge in [0.2, 0.25) is 23.6 Å². The summed E-state index contributed by atoms with van der Waals surface area (Å²) >= 11 is 1.41. The number of rotatable bonds is 6. The van der Waals surface area contributed by atoms with E-state index in [4.69, 9.17) is 8.94 Å². The van der Waals surface area contributed by atoms with Crippen LogP contribution in [0.2, 0.25) is 0 Å². The highest BCUT2D eigenvalue weighted by atomic mass is 32.1. The Kier molecular flexibility index (Phi) is 11.9. The summed E-state index contributed by atoms with van der Waals surface area (Å²) in [6.07, 6.45) is -0.101. The minimum absolute atomic E-state index is 0.00933. The Hall–Kier alpha value is -6.20. The zero-order chi connectivity index (χ0) is 38.2. The molecule has 4 atom stereocenters. The average Bonchev–Trinajstić information content (AvgIpc) is 3.95. The van der Waals surface area contributed by atoms with Crippen molar-refractivity contribution >= 4 is 40.9 Å². The first kappa shape index (κ1) is 37.6. The van der Waals surface area contributed by atoms with Gasteiger partial charge >= 0.3 is 0 Å². The predicted molar refractivity (Wildman–Crippen MR) is 194 cm³/mol. The van der Waals surface area contributed by atoms with Crippen molar-refractivity contribution in [1.82, 2.24) is 41.3 Å². The highest BCUT2D eigenvalue weighted by Gasteiger charge is 2.31. The number of nitrogens with one attached hydrogen (secondary N) is 4. The summed E-state index contributed by atoms with van der Waals surface area (Å²) in [4.78, 5) is 77.0. The summed E-state index contributed by atoms with van der Waals surface area (Å²) in [5.74, 6) is -3.00. The molecular formula is C37H38N8O8S. The van der Waals surface area contributed by atoms with Crippen molar-refractivity contribution in [3.8, 4) is 10.6 Å². The van der Waals surface area contributed by atoms with E-state index >= 15 is 0 Å². The Morgan fingerprint density at radius 3 is 2.43 bits per heavy atom. The number of aliphatic hydroxyl groups is 1. The zero-order valence-electron chi connectivity index (χ0n) is 29.4. The molecule has 1 aliphatic heterocycles. The molecule has 4 heterocycles. The number of aromatic nitrogens is 3. The summed E-state index contributed by atoms with van der Waals surface area (Å²) in [5.41, 5.74) is 2.02. The van der Waals surface area contributed by atoms with Crippen LogP contribution >= 0.6 is 11.3 Å². The van der Waals surface area contributed by atoms with Gasteiger partial charge in [-0.3, -0.25) is 24.0 Å². The van der Waals surface area contributed by atoms with Gasteiger partial charge in [0, 0.05) is 36.5 Å². The van der Waals surface area contributed by atoms with Crippen LogP contribution in [0.25, 0.3) is 10.6 Å². The van der Waals surface area contributed by atoms with Crippen LogP contribution in [0.5, 0.6) is 0 Å². The molecule has 0 unspecified atom stereocenters. The normalized spacial score (nSPS) is 19.5. The first-order valence-electron chi connectivity index (χ1n) is 17.1. The molecule has 0 aliphatic carbocycles. The molecule has 6 rings (SSSR count). The Morgan fingerprint density at radius 2 is 1.69 bits per heavy atom. The number of aliphatic hydroxyl groups excluding tert-OH is 1. The molecule has 5 N–H and O–H groups in total. The van der Waals surface area contributed by atoms with E-state index in [-0.39, 0.29) is 61.4 Å². The van der Waals surface area contributed by atoms with Gasteiger partial charge in [0.1, 0.15) is 29.4 Å². The molecule has 16 nitrogen and oxygen atoms in total. The standard InChI is InChI=1S/C37H38N8O8S/c1-21-32(48)38-13-14-45(30(47)16-25-20-54-37(40-25)24-11-7-4-8-12-24)18-26-17-27(44-53-26)33(49)41-28(15-23-9-5-3-6-10-23)36-42-29(19-52-36)34(50)43-31(22(2)46)35(51)39-21/h3-12,17,19-22,28,31,46H,13-16,18H2,1-2H3,(H,38,48)(H,39,51)(H,41,49)(H,43,50)/t21-,22-,28-,31+/m1/s1. The second kappa shape index (κ2) is 17.1. The molecule has 0 fully saturated rings. The Balaban J connectivity index is 1.27. The smallest absolute Gasteiger partial charge is 0.274 e. The first-order chi connectivity index (χ1) is 26.0. The molecule has 0 saturated heterocycles. The molecule has 5 aromatic rings. The number of benzene rings is 2. The fourth-order valence-electron chi connectivity index (χ4n) is 5.63. The van der Waals surface area contributed by atoms with E-state index in [1.165, 1.54) is 36.2 Å². The number of thiazole rings is 1. The average molecular weight is 755 g/mol. The number of carbonyl (C=O) groups excluding carboxylic acids is 5. The summed E-state index contributed by atoms with van der Waals surface area (Å²) < 4.78 is 11.1. The van der Waals surface area contributed by atoms with Gasteiger partial charge in [-0.25, -0.2) is 9.97 Å². The highest BCUT2D eigenvalue weighted by molar-refractivity contribution is 7.13. The molecule has 0 spiro atoms. The van der Waals surface area contributed by atoms with Crippen molar-refractivity contribution in [3.63, 3.8) is 0 Å². The van der Waals surface area contributed by atoms with Crippen molar-refractivity contribution in [3.05, 3.63) is 113 Å². The van der Waals surface area contributed by atoms with E-state index in [1.54, 1.807) is 0 Å². The fraction of sp³-hybridized carbons (Fsp3) is 0.297. The minimum Gasteiger partial charge on any atom is -0.446 e. The third-order valence-corrected chi connectivity index (χ3v) is 9.46. The second-order valence-corrected chi connectivity index (χ2v) is 13.5. The molecule has 0 radical (unpaired) electrons. The van der Waals surface area contributed by atoms with E-state index in [0.29, 0.717) is 5.69 Å². The van der Waals surface area contributed by atoms with E-state index in [2.05, 4.69) is 36.4 Å². The van der Waals surface area contributed by atoms with Crippen molar-refractivity contribution in [1.29, 1.82) is 0 Å². The number of oxazole rings is 1. The Labute approximate surface area is 313 Å². The number of carbonyl (C=O) groups is 5. The lowest BCUT2D eigenvalue weighted by Crippen LogP contribution is -2.56. The maximum absolute atomic E-state index is 13.7. The maximum atomic E-state index is 13.7. The van der Waals surface area contributed by atoms with Crippen molar-refractivity contribution < 1.29 is 38.0 Å². The second-order valence-electron chi connectivity index (χ2n) is 12.7. The van der Waals surface area contributed by atoms with Crippen molar-refractivity contribution in [2.75, 3.05) is 13.1 Å². The van der Waals surface area contributed by atoms with Crippen LogP contribution in [0.15, 0.2) is 87.3 Å². The van der Waals surface area contributed by atoms with E-state index in [1.807, 2.05) is 66.0 Å². The van der Waals surface area contributed by atoms with Gasteiger partial charge in [0.05, 0.1) is 24.8 Å². The van der Waals surface area contributed by atoms with Crippen LogP contribution in [0.3, 0.4) is 0 Å². The van der Waals surface area contributed by atoms with Crippen LogP contribution in [0, 0.1) is 0 Å². The van der Waals surface area contributed by atoms with Gasteiger partial charge < -0.3 is 40.2 Å².